The van der Waals surface area contributed by atoms with Crippen LogP contribution in [0.2, 0.25) is 0 Å². The van der Waals surface area contributed by atoms with Crippen LogP contribution in [-0.2, 0) is 83.5 Å². The number of nitrogens with zero attached hydrogens (tertiary/aromatic N) is 3. The number of guanidine groups is 1. The molecule has 10 atom stereocenters. The maximum atomic E-state index is 15.2. The number of carboxylic acids is 2. The molecule has 0 saturated carbocycles. The molecular formula is C64H98N16O18S2. The number of hydrogen-bond donors (Lipinski definition) is 15. The zero-order valence-corrected chi connectivity index (χ0v) is 58.8. The minimum absolute atomic E-state index is 0.0108. The molecule has 4 aliphatic heterocycles. The lowest BCUT2D eigenvalue weighted by Crippen LogP contribution is -2.61. The van der Waals surface area contributed by atoms with Crippen LogP contribution in [0.25, 0.3) is 0 Å². The van der Waals surface area contributed by atoms with E-state index in [4.69, 9.17) is 32.2 Å². The van der Waals surface area contributed by atoms with Gasteiger partial charge in [0.05, 0.1) is 13.0 Å². The number of benzene rings is 1. The highest BCUT2D eigenvalue weighted by Crippen LogP contribution is 2.28. The molecule has 12 amide bonds. The molecule has 1 unspecified atom stereocenters. The lowest BCUT2D eigenvalue weighted by atomic mass is 9.87. The number of carboxylic acid groups (broad SMARTS) is 2. The van der Waals surface area contributed by atoms with Gasteiger partial charge in [0, 0.05) is 55.5 Å². The van der Waals surface area contributed by atoms with E-state index in [1.165, 1.54) is 28.4 Å². The van der Waals surface area contributed by atoms with Gasteiger partial charge in [0.25, 0.3) is 5.91 Å². The van der Waals surface area contributed by atoms with E-state index in [0.717, 1.165) is 24.0 Å². The Morgan fingerprint density at radius 1 is 0.630 bits per heavy atom. The van der Waals surface area contributed by atoms with Gasteiger partial charge in [-0.05, 0) is 118 Å². The second-order valence-electron chi connectivity index (χ2n) is 26.6. The molecule has 34 nitrogen and oxygen atoms in total. The second-order valence-corrected chi connectivity index (χ2v) is 28.6. The number of aliphatic carboxylic acids is 2. The standard InChI is InChI=1S/C64H98N16O18S2/c1-35(2)52-62(96)80-22-12-15-47(80)59(93)73-40(16-18-48(65)81)55(89)72-41(17-19-50(83)84)56(90)76-44(53(66)87)33-99-31-36-25-37-27-38(26-36)97-23-8-6-7-9-24-98-70-30-49(82)71-39(13-10-20-69-63(67)68)54(88)77-45(34-100-32-37)61(95)79-21-11-14-46(79)60(94)75-43(29-64(3,4)5)58(92)74-42(28-51(85)86)57(91)78-52/h25-27,30,35,39-47,52H,6-24,28-29,31-34H2,1-5H3,(H2,65,81)(H2,66,87)(H,71,82)(H,72,89)(H,73,93)(H,74,92)(H,75,94)(H,76,90)(H,77,88)(H,78,91)(H,83,84)(H,85,86)(H4,67,68,69)/b70-30+/t39-,40-,41-,42-,43-,44-,45-,46-,47-,52?/m0/s1. The Labute approximate surface area is 588 Å². The molecule has 1 aromatic carbocycles. The molecule has 4 aliphatic rings. The number of primary amides is 2. The summed E-state index contributed by atoms with van der Waals surface area (Å²) in [5.41, 5.74) is 17.4. The van der Waals surface area contributed by atoms with Crippen LogP contribution in [0.15, 0.2) is 23.4 Å². The van der Waals surface area contributed by atoms with E-state index in [0.29, 0.717) is 29.7 Å². The molecule has 0 spiro atoms. The highest BCUT2D eigenvalue weighted by molar-refractivity contribution is 7.98. The summed E-state index contributed by atoms with van der Waals surface area (Å²) in [5.74, 6) is -14.4. The smallest absolute Gasteiger partial charge is 0.305 e. The van der Waals surface area contributed by atoms with E-state index in [2.05, 4.69) is 53.0 Å². The van der Waals surface area contributed by atoms with Crippen molar-refractivity contribution < 1.29 is 86.9 Å². The molecule has 36 heteroatoms. The Hall–Kier alpha value is -8.96. The fourth-order valence-electron chi connectivity index (χ4n) is 11.6. The van der Waals surface area contributed by atoms with E-state index >= 15 is 4.79 Å². The average Bonchev–Trinajstić information content (AvgIpc) is 1.63. The summed E-state index contributed by atoms with van der Waals surface area (Å²) in [6.45, 7) is 8.93. The molecule has 554 valence electrons. The molecule has 4 bridgehead atoms. The highest BCUT2D eigenvalue weighted by Gasteiger charge is 2.44. The van der Waals surface area contributed by atoms with Gasteiger partial charge in [-0.3, -0.25) is 72.5 Å². The number of amides is 12. The predicted octanol–water partition coefficient (Wildman–Crippen LogP) is -1.57. The fourth-order valence-corrected chi connectivity index (χ4v) is 13.6. The number of oxime groups is 1. The van der Waals surface area contributed by atoms with Gasteiger partial charge in [-0.15, -0.1) is 0 Å². The van der Waals surface area contributed by atoms with Crippen molar-refractivity contribution in [2.45, 2.75) is 209 Å². The molecule has 4 heterocycles. The van der Waals surface area contributed by atoms with Crippen molar-refractivity contribution in [3.05, 3.63) is 29.3 Å². The molecule has 2 saturated heterocycles. The van der Waals surface area contributed by atoms with Crippen molar-refractivity contribution in [1.29, 1.82) is 5.41 Å². The number of ether oxygens (including phenoxy) is 1. The highest BCUT2D eigenvalue weighted by atomic mass is 32.2. The number of thioether (sulfide) groups is 2. The van der Waals surface area contributed by atoms with Crippen LogP contribution in [0.3, 0.4) is 0 Å². The third-order valence-corrected chi connectivity index (χ3v) is 18.8. The average molecular weight is 1440 g/mol. The number of fused-ring (bicyclic) bond motifs is 7. The zero-order valence-electron chi connectivity index (χ0n) is 57.2. The summed E-state index contributed by atoms with van der Waals surface area (Å²) in [6, 6.07) is -9.38. The fraction of sp³-hybridized carbons (Fsp3) is 0.656. The number of rotatable bonds is 15. The van der Waals surface area contributed by atoms with Gasteiger partial charge in [-0.25, -0.2) is 0 Å². The first-order valence-electron chi connectivity index (χ1n) is 33.5. The summed E-state index contributed by atoms with van der Waals surface area (Å²) in [5, 5.41) is 54.6. The number of hydrogen-bond acceptors (Lipinski definition) is 20. The van der Waals surface area contributed by atoms with Gasteiger partial charge in [0.2, 0.25) is 65.0 Å². The first kappa shape index (κ1) is 81.7. The topological polar surface area (TPSA) is 527 Å². The first-order valence-corrected chi connectivity index (χ1v) is 35.8. The maximum Gasteiger partial charge on any atom is 0.305 e. The second kappa shape index (κ2) is 40.3. The number of nitrogens with one attached hydrogen (secondary N) is 10. The van der Waals surface area contributed by atoms with E-state index in [-0.39, 0.29) is 107 Å². The number of carbonyl (C=O) groups excluding carboxylic acids is 12. The molecule has 18 N–H and O–H groups in total. The van der Waals surface area contributed by atoms with E-state index in [1.807, 2.05) is 6.07 Å². The summed E-state index contributed by atoms with van der Waals surface area (Å²) in [6.07, 6.45) is 1.11. The van der Waals surface area contributed by atoms with Gasteiger partial charge in [0.1, 0.15) is 79.0 Å². The predicted molar refractivity (Wildman–Crippen MR) is 367 cm³/mol. The lowest BCUT2D eigenvalue weighted by Gasteiger charge is -2.33. The van der Waals surface area contributed by atoms with Crippen LogP contribution in [-0.4, -0.2) is 220 Å². The van der Waals surface area contributed by atoms with Gasteiger partial charge >= 0.3 is 11.9 Å². The quantitative estimate of drug-likeness (QED) is 0.0536. The van der Waals surface area contributed by atoms with Crippen molar-refractivity contribution in [2.75, 3.05) is 44.4 Å². The minimum atomic E-state index is -1.88. The van der Waals surface area contributed by atoms with Crippen LogP contribution in [0, 0.1) is 16.7 Å². The molecule has 100 heavy (non-hydrogen) atoms. The maximum absolute atomic E-state index is 15.2. The SMILES string of the molecule is CC(C)C1NC(=O)[C@H](CC(=O)O)NC(=O)[C@H](CC(C)(C)C)NC(=O)[C@@H]2CCCN2C(=O)[C@@H]2CSCc3cc(cc(c3)OCCCCCCO/N=C/C(=O)N[C@@H](CCCNC(=N)N)C(=O)N2)CSC[C@@H](C(N)=O)NC(=O)[C@H](CCC(=O)O)NC(=O)[C@H](CCC(N)=O)NC(=O)[C@@H]2CCCN2C1=O. The number of carbonyl (C=O) groups is 14. The van der Waals surface area contributed by atoms with Crippen molar-refractivity contribution in [3.8, 4) is 5.75 Å². The molecule has 1 aromatic rings. The van der Waals surface area contributed by atoms with Crippen molar-refractivity contribution >= 4 is 119 Å². The van der Waals surface area contributed by atoms with Crippen LogP contribution in [0.4, 0.5) is 0 Å². The van der Waals surface area contributed by atoms with Gasteiger partial charge in [0.15, 0.2) is 5.96 Å². The monoisotopic (exact) mass is 1440 g/mol. The Morgan fingerprint density at radius 2 is 1.16 bits per heavy atom. The first-order chi connectivity index (χ1) is 47.3. The van der Waals surface area contributed by atoms with Gasteiger partial charge < -0.3 is 94.6 Å². The van der Waals surface area contributed by atoms with Crippen LogP contribution in [0.1, 0.15) is 148 Å². The van der Waals surface area contributed by atoms with E-state index in [9.17, 15) is 72.5 Å². The van der Waals surface area contributed by atoms with Crippen LogP contribution in [0.5, 0.6) is 5.75 Å². The van der Waals surface area contributed by atoms with Crippen molar-refractivity contribution in [2.24, 2.45) is 33.7 Å². The molecule has 0 aromatic heterocycles. The molecule has 5 rings (SSSR count). The summed E-state index contributed by atoms with van der Waals surface area (Å²) in [7, 11) is 0. The van der Waals surface area contributed by atoms with E-state index in [1.54, 1.807) is 46.8 Å². The summed E-state index contributed by atoms with van der Waals surface area (Å²) >= 11 is 2.39. The van der Waals surface area contributed by atoms with Crippen LogP contribution >= 0.6 is 23.5 Å². The Morgan fingerprint density at radius 3 is 1.74 bits per heavy atom. The molecule has 2 fully saturated rings. The van der Waals surface area contributed by atoms with E-state index < -0.39 is 187 Å². The molecule has 0 radical (unpaired) electrons. The van der Waals surface area contributed by atoms with Crippen molar-refractivity contribution in [1.82, 2.24) is 57.7 Å². The minimum Gasteiger partial charge on any atom is -0.494 e. The van der Waals surface area contributed by atoms with Crippen molar-refractivity contribution in [3.63, 3.8) is 0 Å². The lowest BCUT2D eigenvalue weighted by molar-refractivity contribution is -0.145. The Bertz CT molecular complexity index is 3150. The Kier molecular flexibility index (Phi) is 33.0. The third-order valence-electron chi connectivity index (χ3n) is 16.6. The molecular weight excluding hydrogens is 1340 g/mol. The largest absolute Gasteiger partial charge is 0.494 e. The summed E-state index contributed by atoms with van der Waals surface area (Å²) in [4.78, 5) is 202. The normalized spacial score (nSPS) is 25.8. The van der Waals surface area contributed by atoms with Crippen LogP contribution < -0.4 is 69.8 Å². The third kappa shape index (κ3) is 27.6. The van der Waals surface area contributed by atoms with Gasteiger partial charge in [-0.1, -0.05) is 45.8 Å². The summed E-state index contributed by atoms with van der Waals surface area (Å²) < 4.78 is 6.27. The van der Waals surface area contributed by atoms with Gasteiger partial charge in [-0.2, -0.15) is 23.5 Å². The zero-order chi connectivity index (χ0) is 73.8. The number of nitrogens with two attached hydrogens (primary N) is 3. The Balaban J connectivity index is 1.62. The molecule has 0 aliphatic carbocycles.